The molecule has 0 fully saturated rings. The molecule has 21 heavy (non-hydrogen) atoms. The first-order valence-electron chi connectivity index (χ1n) is 6.53. The van der Waals surface area contributed by atoms with E-state index in [-0.39, 0.29) is 18.3 Å². The van der Waals surface area contributed by atoms with E-state index in [2.05, 4.69) is 24.0 Å². The van der Waals surface area contributed by atoms with Crippen molar-refractivity contribution >= 4 is 17.7 Å². The van der Waals surface area contributed by atoms with Crippen molar-refractivity contribution in [2.45, 2.75) is 31.5 Å². The molecule has 7 heteroatoms. The third kappa shape index (κ3) is 3.43. The zero-order valence-electron chi connectivity index (χ0n) is 11.9. The van der Waals surface area contributed by atoms with Crippen LogP contribution in [-0.4, -0.2) is 36.7 Å². The van der Waals surface area contributed by atoms with Crippen LogP contribution in [0.5, 0.6) is 0 Å². The molecule has 0 aliphatic rings. The number of aromatic nitrogens is 3. The number of rotatable bonds is 6. The van der Waals surface area contributed by atoms with E-state index in [1.54, 1.807) is 4.57 Å². The van der Waals surface area contributed by atoms with Gasteiger partial charge in [0, 0.05) is 0 Å². The van der Waals surface area contributed by atoms with Crippen molar-refractivity contribution < 1.29 is 15.0 Å². The van der Waals surface area contributed by atoms with Crippen LogP contribution in [0.4, 0.5) is 0 Å². The summed E-state index contributed by atoms with van der Waals surface area (Å²) in [5, 5.41) is 26.7. The van der Waals surface area contributed by atoms with Gasteiger partial charge in [-0.1, -0.05) is 43.8 Å². The van der Waals surface area contributed by atoms with E-state index in [9.17, 15) is 9.90 Å². The first-order chi connectivity index (χ1) is 10.0. The Bertz CT molecular complexity index is 640. The molecule has 0 saturated carbocycles. The minimum atomic E-state index is -0.919. The molecule has 0 saturated heterocycles. The Labute approximate surface area is 126 Å². The normalized spacial score (nSPS) is 11.0. The summed E-state index contributed by atoms with van der Waals surface area (Å²) in [7, 11) is 0. The van der Waals surface area contributed by atoms with Crippen LogP contribution >= 0.6 is 11.8 Å². The topological polar surface area (TPSA) is 88.2 Å². The van der Waals surface area contributed by atoms with Gasteiger partial charge in [-0.05, 0) is 17.5 Å². The number of benzene rings is 1. The molecule has 1 aromatic carbocycles. The predicted molar refractivity (Wildman–Crippen MR) is 79.7 cm³/mol. The molecule has 112 valence electrons. The lowest BCUT2D eigenvalue weighted by Crippen LogP contribution is -2.08. The lowest BCUT2D eigenvalue weighted by molar-refractivity contribution is -0.133. The molecule has 2 aromatic rings. The number of thioether (sulfide) groups is 1. The van der Waals surface area contributed by atoms with E-state index in [1.807, 2.05) is 24.3 Å². The summed E-state index contributed by atoms with van der Waals surface area (Å²) in [4.78, 5) is 10.7. The van der Waals surface area contributed by atoms with Gasteiger partial charge in [0.25, 0.3) is 0 Å². The summed E-state index contributed by atoms with van der Waals surface area (Å²) in [5.41, 5.74) is 1.96. The Morgan fingerprint density at radius 3 is 2.67 bits per heavy atom. The lowest BCUT2D eigenvalue weighted by atomic mass is 10.0. The molecule has 0 amide bonds. The van der Waals surface area contributed by atoms with Gasteiger partial charge < -0.3 is 10.2 Å². The molecule has 1 heterocycles. The number of carboxylic acid groups (broad SMARTS) is 1. The fraction of sp³-hybridized carbons (Fsp3) is 0.357. The molecule has 0 unspecified atom stereocenters. The molecule has 0 radical (unpaired) electrons. The van der Waals surface area contributed by atoms with Crippen molar-refractivity contribution in [3.05, 3.63) is 35.7 Å². The van der Waals surface area contributed by atoms with Crippen LogP contribution in [0.1, 0.15) is 31.2 Å². The number of aliphatic hydroxyl groups excluding tert-OH is 1. The quantitative estimate of drug-likeness (QED) is 0.794. The number of para-hydroxylation sites is 1. The zero-order chi connectivity index (χ0) is 15.4. The summed E-state index contributed by atoms with van der Waals surface area (Å²) in [6.45, 7) is 3.89. The number of aliphatic carboxylic acids is 1. The number of hydrogen-bond acceptors (Lipinski definition) is 5. The third-order valence-electron chi connectivity index (χ3n) is 2.97. The summed E-state index contributed by atoms with van der Waals surface area (Å²) < 4.78 is 1.73. The van der Waals surface area contributed by atoms with E-state index in [4.69, 9.17) is 5.11 Å². The van der Waals surface area contributed by atoms with Gasteiger partial charge >= 0.3 is 5.97 Å². The van der Waals surface area contributed by atoms with Gasteiger partial charge in [-0.3, -0.25) is 9.36 Å². The Kier molecular flexibility index (Phi) is 4.98. The highest BCUT2D eigenvalue weighted by Gasteiger charge is 2.18. The Balaban J connectivity index is 2.51. The van der Waals surface area contributed by atoms with Crippen molar-refractivity contribution in [2.75, 3.05) is 5.75 Å². The van der Waals surface area contributed by atoms with Gasteiger partial charge in [0.05, 0.1) is 11.4 Å². The number of aliphatic hydroxyl groups is 1. The van der Waals surface area contributed by atoms with E-state index < -0.39 is 5.97 Å². The zero-order valence-corrected chi connectivity index (χ0v) is 12.7. The van der Waals surface area contributed by atoms with Crippen molar-refractivity contribution in [2.24, 2.45) is 0 Å². The molecule has 0 atom stereocenters. The SMILES string of the molecule is CC(C)c1ccccc1-n1c(CO)nnc1SCC(=O)O. The monoisotopic (exact) mass is 307 g/mol. The van der Waals surface area contributed by atoms with E-state index in [0.29, 0.717) is 11.0 Å². The second-order valence-electron chi connectivity index (χ2n) is 4.79. The van der Waals surface area contributed by atoms with E-state index in [0.717, 1.165) is 23.0 Å². The van der Waals surface area contributed by atoms with Crippen LogP contribution < -0.4 is 0 Å². The van der Waals surface area contributed by atoms with E-state index in [1.165, 1.54) is 0 Å². The van der Waals surface area contributed by atoms with Crippen molar-refractivity contribution in [3.8, 4) is 5.69 Å². The maximum Gasteiger partial charge on any atom is 0.313 e. The number of carbonyl (C=O) groups is 1. The molecule has 0 aliphatic carbocycles. The number of carboxylic acids is 1. The Morgan fingerprint density at radius 1 is 1.33 bits per heavy atom. The smallest absolute Gasteiger partial charge is 0.313 e. The summed E-state index contributed by atoms with van der Waals surface area (Å²) >= 11 is 1.09. The predicted octanol–water partition coefficient (Wildman–Crippen LogP) is 2.06. The highest BCUT2D eigenvalue weighted by atomic mass is 32.2. The van der Waals surface area contributed by atoms with Crippen molar-refractivity contribution in [3.63, 3.8) is 0 Å². The third-order valence-corrected chi connectivity index (χ3v) is 3.88. The highest BCUT2D eigenvalue weighted by Crippen LogP contribution is 2.28. The largest absolute Gasteiger partial charge is 0.481 e. The summed E-state index contributed by atoms with van der Waals surface area (Å²) in [6.07, 6.45) is 0. The second kappa shape index (κ2) is 6.73. The highest BCUT2D eigenvalue weighted by molar-refractivity contribution is 7.99. The molecule has 0 spiro atoms. The molecular weight excluding hydrogens is 290 g/mol. The molecule has 0 aliphatic heterocycles. The van der Waals surface area contributed by atoms with E-state index >= 15 is 0 Å². The minimum Gasteiger partial charge on any atom is -0.481 e. The average molecular weight is 307 g/mol. The van der Waals surface area contributed by atoms with Gasteiger partial charge in [0.1, 0.15) is 6.61 Å². The van der Waals surface area contributed by atoms with Crippen LogP contribution in [-0.2, 0) is 11.4 Å². The van der Waals surface area contributed by atoms with Crippen molar-refractivity contribution in [1.82, 2.24) is 14.8 Å². The molecule has 6 nitrogen and oxygen atoms in total. The summed E-state index contributed by atoms with van der Waals surface area (Å²) in [6, 6.07) is 7.77. The molecule has 1 aromatic heterocycles. The Hall–Kier alpha value is -1.86. The van der Waals surface area contributed by atoms with Crippen LogP contribution in [0, 0.1) is 0 Å². The first-order valence-corrected chi connectivity index (χ1v) is 7.52. The maximum atomic E-state index is 10.7. The fourth-order valence-electron chi connectivity index (χ4n) is 2.04. The van der Waals surface area contributed by atoms with Gasteiger partial charge in [-0.2, -0.15) is 0 Å². The fourth-order valence-corrected chi connectivity index (χ4v) is 2.73. The van der Waals surface area contributed by atoms with Gasteiger partial charge in [-0.25, -0.2) is 0 Å². The van der Waals surface area contributed by atoms with Gasteiger partial charge in [0.15, 0.2) is 11.0 Å². The first kappa shape index (κ1) is 15.5. The lowest BCUT2D eigenvalue weighted by Gasteiger charge is -2.16. The van der Waals surface area contributed by atoms with Gasteiger partial charge in [-0.15, -0.1) is 10.2 Å². The molecule has 2 N–H and O–H groups in total. The van der Waals surface area contributed by atoms with Crippen LogP contribution in [0.3, 0.4) is 0 Å². The molecule has 2 rings (SSSR count). The van der Waals surface area contributed by atoms with Crippen molar-refractivity contribution in [1.29, 1.82) is 0 Å². The number of nitrogens with zero attached hydrogens (tertiary/aromatic N) is 3. The maximum absolute atomic E-state index is 10.7. The summed E-state index contributed by atoms with van der Waals surface area (Å²) in [5.74, 6) is -0.339. The van der Waals surface area contributed by atoms with Crippen LogP contribution in [0.15, 0.2) is 29.4 Å². The molecule has 0 bridgehead atoms. The average Bonchev–Trinajstić information content (AvgIpc) is 2.87. The Morgan fingerprint density at radius 2 is 2.05 bits per heavy atom. The second-order valence-corrected chi connectivity index (χ2v) is 5.73. The van der Waals surface area contributed by atoms with Crippen LogP contribution in [0.25, 0.3) is 5.69 Å². The van der Waals surface area contributed by atoms with Crippen LogP contribution in [0.2, 0.25) is 0 Å². The standard InChI is InChI=1S/C14H17N3O3S/c1-9(2)10-5-3-4-6-11(10)17-12(7-18)15-16-14(17)21-8-13(19)20/h3-6,9,18H,7-8H2,1-2H3,(H,19,20). The van der Waals surface area contributed by atoms with Gasteiger partial charge in [0.2, 0.25) is 0 Å². The number of hydrogen-bond donors (Lipinski definition) is 2. The minimum absolute atomic E-state index is 0.104. The molecular formula is C14H17N3O3S.